The van der Waals surface area contributed by atoms with Crippen molar-refractivity contribution in [3.8, 4) is 11.5 Å². The van der Waals surface area contributed by atoms with Crippen LogP contribution in [0.2, 0.25) is 0 Å². The number of rotatable bonds is 7. The monoisotopic (exact) mass is 434 g/mol. The fourth-order valence-electron chi connectivity index (χ4n) is 3.75. The number of benzene rings is 4. The zero-order chi connectivity index (χ0) is 20.9. The van der Waals surface area contributed by atoms with Gasteiger partial charge >= 0.3 is 183 Å². The Bertz CT molecular complexity index is 985. The molecule has 0 saturated heterocycles. The Balaban J connectivity index is 1.91. The van der Waals surface area contributed by atoms with E-state index in [1.807, 2.05) is 78.9 Å². The third-order valence-electron chi connectivity index (χ3n) is 5.42. The molecule has 30 heavy (non-hydrogen) atoms. The summed E-state index contributed by atoms with van der Waals surface area (Å²) in [5.74, 6) is -1.88. The summed E-state index contributed by atoms with van der Waals surface area (Å²) in [5, 5.41) is 3.24. The molecule has 0 amide bonds. The van der Waals surface area contributed by atoms with Crippen molar-refractivity contribution in [3.63, 3.8) is 0 Å². The zero-order valence-electron chi connectivity index (χ0n) is 16.8. The first-order chi connectivity index (χ1) is 14.6. The van der Waals surface area contributed by atoms with Gasteiger partial charge in [0.15, 0.2) is 0 Å². The summed E-state index contributed by atoms with van der Waals surface area (Å²) in [6.07, 6.45) is 0.345. The first kappa shape index (κ1) is 20.5. The molecule has 0 aliphatic rings. The van der Waals surface area contributed by atoms with Gasteiger partial charge in [0.1, 0.15) is 0 Å². The predicted octanol–water partition coefficient (Wildman–Crippen LogP) is 5.72. The fourth-order valence-corrected chi connectivity index (χ4v) is 9.03. The molecule has 4 aromatic rings. The van der Waals surface area contributed by atoms with Crippen LogP contribution >= 0.6 is 17.2 Å². The third kappa shape index (κ3) is 3.58. The molecule has 4 rings (SSSR count). The number of methoxy groups -OCH3 is 1. The van der Waals surface area contributed by atoms with E-state index in [1.165, 1.54) is 0 Å². The van der Waals surface area contributed by atoms with E-state index in [0.717, 1.165) is 27.4 Å². The molecule has 2 nitrogen and oxygen atoms in total. The van der Waals surface area contributed by atoms with Crippen LogP contribution in [0.3, 0.4) is 0 Å². The second-order valence-corrected chi connectivity index (χ2v) is 13.5. The zero-order valence-corrected chi connectivity index (χ0v) is 18.5. The number of halogens is 1. The number of ether oxygens (including phenoxy) is 2. The molecule has 0 atom stereocenters. The van der Waals surface area contributed by atoms with Gasteiger partial charge in [-0.2, -0.15) is 0 Å². The van der Waals surface area contributed by atoms with Crippen LogP contribution in [0.1, 0.15) is 0 Å². The molecule has 152 valence electrons. The Hall–Kier alpha value is -2.80. The Morgan fingerprint density at radius 2 is 0.933 bits per heavy atom. The summed E-state index contributed by atoms with van der Waals surface area (Å²) >= 11 is 7.96. The molecule has 4 aromatic carbocycles. The van der Waals surface area contributed by atoms with Crippen molar-refractivity contribution in [3.05, 3.63) is 115 Å². The molecular formula is C26H24ClO2P. The van der Waals surface area contributed by atoms with Gasteiger partial charge < -0.3 is 0 Å². The van der Waals surface area contributed by atoms with E-state index in [0.29, 0.717) is 6.35 Å². The van der Waals surface area contributed by atoms with E-state index in [-0.39, 0.29) is 0 Å². The minimum atomic E-state index is -3.42. The summed E-state index contributed by atoms with van der Waals surface area (Å²) < 4.78 is 11.7. The molecule has 4 heteroatoms. The molecule has 0 heterocycles. The first-order valence-electron chi connectivity index (χ1n) is 9.81. The molecule has 0 N–H and O–H groups in total. The van der Waals surface area contributed by atoms with E-state index in [1.54, 1.807) is 7.11 Å². The number of hydrogen-bond donors (Lipinski definition) is 0. The van der Waals surface area contributed by atoms with Crippen LogP contribution in [-0.4, -0.2) is 13.5 Å². The van der Waals surface area contributed by atoms with Crippen LogP contribution in [0.25, 0.3) is 0 Å². The predicted molar refractivity (Wildman–Crippen MR) is 129 cm³/mol. The van der Waals surface area contributed by atoms with E-state index in [9.17, 15) is 0 Å². The van der Waals surface area contributed by atoms with Crippen molar-refractivity contribution in [2.75, 3.05) is 13.5 Å². The van der Waals surface area contributed by atoms with E-state index in [4.69, 9.17) is 20.7 Å². The van der Waals surface area contributed by atoms with Crippen molar-refractivity contribution in [1.29, 1.82) is 0 Å². The maximum atomic E-state index is 7.96. The van der Waals surface area contributed by atoms with Gasteiger partial charge in [-0.1, -0.05) is 0 Å². The van der Waals surface area contributed by atoms with E-state index >= 15 is 0 Å². The van der Waals surface area contributed by atoms with E-state index < -0.39 is 5.96 Å². The van der Waals surface area contributed by atoms with Gasteiger partial charge in [-0.3, -0.25) is 0 Å². The Morgan fingerprint density at radius 3 is 1.30 bits per heavy atom. The first-order valence-corrected chi connectivity index (χ1v) is 13.1. The van der Waals surface area contributed by atoms with Crippen molar-refractivity contribution in [2.24, 2.45) is 0 Å². The van der Waals surface area contributed by atoms with E-state index in [2.05, 4.69) is 36.4 Å². The van der Waals surface area contributed by atoms with Gasteiger partial charge in [-0.25, -0.2) is 0 Å². The van der Waals surface area contributed by atoms with Gasteiger partial charge in [0.2, 0.25) is 0 Å². The molecule has 0 radical (unpaired) electrons. The third-order valence-corrected chi connectivity index (χ3v) is 12.2. The summed E-state index contributed by atoms with van der Waals surface area (Å²) in [5.41, 5.74) is 0. The van der Waals surface area contributed by atoms with Crippen LogP contribution in [0.15, 0.2) is 115 Å². The molecule has 0 saturated carbocycles. The molecule has 0 aliphatic carbocycles. The summed E-state index contributed by atoms with van der Waals surface area (Å²) in [6, 6.07) is 38.6. The molecule has 0 fully saturated rings. The van der Waals surface area contributed by atoms with Crippen molar-refractivity contribution in [2.45, 2.75) is 0 Å². The molecule has 0 unspecified atom stereocenters. The minimum absolute atomic E-state index is 0.345. The van der Waals surface area contributed by atoms with Gasteiger partial charge in [0.05, 0.1) is 0 Å². The van der Waals surface area contributed by atoms with Crippen LogP contribution in [0.4, 0.5) is 0 Å². The van der Waals surface area contributed by atoms with Gasteiger partial charge in [0.25, 0.3) is 0 Å². The quantitative estimate of drug-likeness (QED) is 0.346. The van der Waals surface area contributed by atoms with Gasteiger partial charge in [-0.15, -0.1) is 0 Å². The van der Waals surface area contributed by atoms with Crippen molar-refractivity contribution >= 4 is 33.1 Å². The topological polar surface area (TPSA) is 18.5 Å². The molecule has 0 aromatic heterocycles. The molecule has 0 aliphatic heterocycles. The van der Waals surface area contributed by atoms with Crippen molar-refractivity contribution in [1.82, 2.24) is 0 Å². The molecule has 0 bridgehead atoms. The maximum absolute atomic E-state index is 7.96. The Kier molecular flexibility index (Phi) is 5.81. The number of hydrogen-bond acceptors (Lipinski definition) is 2. The Labute approximate surface area is 182 Å². The normalized spacial score (nSPS) is 12.5. The molecule has 0 spiro atoms. The van der Waals surface area contributed by atoms with Crippen molar-refractivity contribution < 1.29 is 9.47 Å². The Morgan fingerprint density at radius 1 is 0.567 bits per heavy atom. The second kappa shape index (κ2) is 8.52. The van der Waals surface area contributed by atoms with Crippen LogP contribution in [-0.2, 0) is 0 Å². The SMILES string of the molecule is COc1ccc(OCP(Cl)(c2ccccc2)(c2ccccc2)c2ccccc2)cc1. The fraction of sp³-hybridized carbons (Fsp3) is 0.0769. The summed E-state index contributed by atoms with van der Waals surface area (Å²) in [6.45, 7) is 0. The van der Waals surface area contributed by atoms with Crippen LogP contribution < -0.4 is 25.4 Å². The van der Waals surface area contributed by atoms with Crippen LogP contribution in [0, 0.1) is 0 Å². The standard InChI is InChI=1S/C26H24ClO2P/c1-28-22-17-19-23(20-18-22)29-21-30(27,24-11-5-2-6-12-24,25-13-7-3-8-14-25)26-15-9-4-10-16-26/h2-20H,21H2,1H3. The molecular weight excluding hydrogens is 411 g/mol. The summed E-state index contributed by atoms with van der Waals surface area (Å²) in [4.78, 5) is 0. The van der Waals surface area contributed by atoms with Gasteiger partial charge in [-0.05, 0) is 0 Å². The average Bonchev–Trinajstić information content (AvgIpc) is 2.85. The van der Waals surface area contributed by atoms with Crippen LogP contribution in [0.5, 0.6) is 11.5 Å². The average molecular weight is 435 g/mol. The summed E-state index contributed by atoms with van der Waals surface area (Å²) in [7, 11) is 1.65. The van der Waals surface area contributed by atoms with Gasteiger partial charge in [0, 0.05) is 0 Å². The second-order valence-electron chi connectivity index (χ2n) is 7.14.